The van der Waals surface area contributed by atoms with Crippen molar-refractivity contribution >= 4 is 11.5 Å². The molecule has 1 aliphatic rings. The summed E-state index contributed by atoms with van der Waals surface area (Å²) >= 11 is 0. The molecule has 0 aromatic heterocycles. The van der Waals surface area contributed by atoms with Crippen molar-refractivity contribution in [3.63, 3.8) is 0 Å². The second-order valence-corrected chi connectivity index (χ2v) is 8.14. The predicted molar refractivity (Wildman–Crippen MR) is 122 cm³/mol. The Balaban J connectivity index is 1.68. The van der Waals surface area contributed by atoms with Crippen LogP contribution >= 0.6 is 0 Å². The summed E-state index contributed by atoms with van der Waals surface area (Å²) in [6, 6.07) is 14.4. The first-order valence-corrected chi connectivity index (χ1v) is 11.3. The van der Waals surface area contributed by atoms with Crippen molar-refractivity contribution in [1.82, 2.24) is 4.90 Å². The van der Waals surface area contributed by atoms with Gasteiger partial charge in [0.1, 0.15) is 12.3 Å². The third-order valence-electron chi connectivity index (χ3n) is 5.98. The molecule has 1 aliphatic heterocycles. The molecule has 0 saturated carbocycles. The number of benzene rings is 2. The lowest BCUT2D eigenvalue weighted by molar-refractivity contribution is -0.137. The highest BCUT2D eigenvalue weighted by atomic mass is 19.4. The molecule has 3 rings (SSSR count). The summed E-state index contributed by atoms with van der Waals surface area (Å²) in [7, 11) is 0. The second-order valence-electron chi connectivity index (χ2n) is 8.14. The lowest BCUT2D eigenvalue weighted by atomic mass is 9.87. The number of likely N-dealkylation sites (tertiary alicyclic amines) is 1. The standard InChI is InChI=1S/C25H30F3N3O2/c1-2-22(23(30-33-17-14-29)18-6-4-3-5-7-18)31-15-12-20(13-16-31)24(32)19-8-10-21(11-9-19)25(26,27)28/h3-11,20,22H,2,12-17,29H2,1H3. The van der Waals surface area contributed by atoms with Crippen LogP contribution in [-0.4, -0.2) is 48.7 Å². The maximum Gasteiger partial charge on any atom is 0.416 e. The average Bonchev–Trinajstić information content (AvgIpc) is 2.83. The number of alkyl halides is 3. The average molecular weight is 462 g/mol. The van der Waals surface area contributed by atoms with E-state index in [0.29, 0.717) is 44.6 Å². The van der Waals surface area contributed by atoms with Crippen molar-refractivity contribution in [3.8, 4) is 0 Å². The van der Waals surface area contributed by atoms with Crippen LogP contribution in [0.5, 0.6) is 0 Å². The zero-order valence-corrected chi connectivity index (χ0v) is 18.7. The minimum absolute atomic E-state index is 0.0206. The Bertz CT molecular complexity index is 922. The first kappa shape index (κ1) is 24.9. The second kappa shape index (κ2) is 11.4. The van der Waals surface area contributed by atoms with Crippen molar-refractivity contribution < 1.29 is 22.8 Å². The normalized spacial score (nSPS) is 17.1. The quantitative estimate of drug-likeness (QED) is 0.253. The molecule has 0 amide bonds. The maximum atomic E-state index is 12.9. The van der Waals surface area contributed by atoms with E-state index in [9.17, 15) is 18.0 Å². The number of oxime groups is 1. The van der Waals surface area contributed by atoms with Crippen LogP contribution in [0.25, 0.3) is 0 Å². The number of nitrogens with zero attached hydrogens (tertiary/aromatic N) is 2. The van der Waals surface area contributed by atoms with Crippen molar-refractivity contribution in [1.29, 1.82) is 0 Å². The van der Waals surface area contributed by atoms with Crippen LogP contribution in [0, 0.1) is 5.92 Å². The van der Waals surface area contributed by atoms with Crippen LogP contribution in [0.15, 0.2) is 59.8 Å². The smallest absolute Gasteiger partial charge is 0.394 e. The molecule has 0 radical (unpaired) electrons. The molecule has 8 heteroatoms. The van der Waals surface area contributed by atoms with E-state index in [1.54, 1.807) is 0 Å². The molecule has 1 unspecified atom stereocenters. The van der Waals surface area contributed by atoms with E-state index in [-0.39, 0.29) is 17.7 Å². The highest BCUT2D eigenvalue weighted by Gasteiger charge is 2.33. The highest BCUT2D eigenvalue weighted by molar-refractivity contribution is 6.04. The van der Waals surface area contributed by atoms with Gasteiger partial charge < -0.3 is 10.6 Å². The summed E-state index contributed by atoms with van der Waals surface area (Å²) < 4.78 is 38.4. The summed E-state index contributed by atoms with van der Waals surface area (Å²) in [6.45, 7) is 4.18. The van der Waals surface area contributed by atoms with Crippen LogP contribution in [0.4, 0.5) is 13.2 Å². The van der Waals surface area contributed by atoms with Crippen LogP contribution in [0.3, 0.4) is 0 Å². The van der Waals surface area contributed by atoms with E-state index in [2.05, 4.69) is 17.0 Å². The first-order valence-electron chi connectivity index (χ1n) is 11.3. The maximum absolute atomic E-state index is 12.9. The molecule has 1 saturated heterocycles. The molecule has 33 heavy (non-hydrogen) atoms. The molecule has 1 atom stereocenters. The molecule has 2 N–H and O–H groups in total. The Morgan fingerprint density at radius 1 is 1.09 bits per heavy atom. The van der Waals surface area contributed by atoms with Crippen LogP contribution in [0.1, 0.15) is 47.7 Å². The van der Waals surface area contributed by atoms with Crippen LogP contribution in [-0.2, 0) is 11.0 Å². The Kier molecular flexibility index (Phi) is 8.63. The molecule has 2 aromatic rings. The minimum atomic E-state index is -4.41. The lowest BCUT2D eigenvalue weighted by Crippen LogP contribution is -2.46. The molecule has 0 aliphatic carbocycles. The van der Waals surface area contributed by atoms with Crippen LogP contribution in [0.2, 0.25) is 0 Å². The fourth-order valence-electron chi connectivity index (χ4n) is 4.24. The molecule has 5 nitrogen and oxygen atoms in total. The SMILES string of the molecule is CCC(C(=NOCCN)c1ccccc1)N1CCC(C(=O)c2ccc(C(F)(F)F)cc2)CC1. The number of carbonyl (C=O) groups excluding carboxylic acids is 1. The van der Waals surface area contributed by atoms with Gasteiger partial charge in [-0.15, -0.1) is 0 Å². The van der Waals surface area contributed by atoms with Gasteiger partial charge in [-0.1, -0.05) is 54.5 Å². The molecule has 178 valence electrons. The number of hydrogen-bond donors (Lipinski definition) is 1. The van der Waals surface area contributed by atoms with E-state index >= 15 is 0 Å². The van der Waals surface area contributed by atoms with E-state index in [1.807, 2.05) is 30.3 Å². The number of nitrogens with two attached hydrogens (primary N) is 1. The molecular formula is C25H30F3N3O2. The van der Waals surface area contributed by atoms with Gasteiger partial charge in [0, 0.05) is 23.6 Å². The molecular weight excluding hydrogens is 431 g/mol. The Morgan fingerprint density at radius 3 is 2.27 bits per heavy atom. The number of carbonyl (C=O) groups is 1. The van der Waals surface area contributed by atoms with Crippen LogP contribution < -0.4 is 5.73 Å². The third kappa shape index (κ3) is 6.42. The van der Waals surface area contributed by atoms with Gasteiger partial charge in [0.05, 0.1) is 11.6 Å². The number of rotatable bonds is 9. The monoisotopic (exact) mass is 461 g/mol. The zero-order chi connectivity index (χ0) is 23.8. The number of Topliss-reactive ketones (excluding diaryl/α,β-unsaturated/α-hetero) is 1. The Labute approximate surface area is 192 Å². The van der Waals surface area contributed by atoms with Crippen molar-refractivity contribution in [3.05, 3.63) is 71.3 Å². The van der Waals surface area contributed by atoms with Gasteiger partial charge in [0.2, 0.25) is 0 Å². The Hall–Kier alpha value is -2.71. The van der Waals surface area contributed by atoms with E-state index in [0.717, 1.165) is 29.8 Å². The highest BCUT2D eigenvalue weighted by Crippen LogP contribution is 2.30. The van der Waals surface area contributed by atoms with Gasteiger partial charge in [-0.25, -0.2) is 0 Å². The molecule has 2 aromatic carbocycles. The first-order chi connectivity index (χ1) is 15.8. The minimum Gasteiger partial charge on any atom is -0.394 e. The number of piperidine rings is 1. The third-order valence-corrected chi connectivity index (χ3v) is 5.98. The molecule has 0 bridgehead atoms. The molecule has 1 heterocycles. The van der Waals surface area contributed by atoms with Crippen molar-refractivity contribution in [2.24, 2.45) is 16.8 Å². The lowest BCUT2D eigenvalue weighted by Gasteiger charge is -2.37. The fraction of sp³-hybridized carbons (Fsp3) is 0.440. The topological polar surface area (TPSA) is 67.9 Å². The van der Waals surface area contributed by atoms with Crippen molar-refractivity contribution in [2.75, 3.05) is 26.2 Å². The number of hydrogen-bond acceptors (Lipinski definition) is 5. The summed E-state index contributed by atoms with van der Waals surface area (Å²) in [5.41, 5.74) is 6.93. The zero-order valence-electron chi connectivity index (χ0n) is 18.7. The van der Waals surface area contributed by atoms with Gasteiger partial charge in [-0.2, -0.15) is 13.2 Å². The van der Waals surface area contributed by atoms with E-state index in [4.69, 9.17) is 10.6 Å². The van der Waals surface area contributed by atoms with Gasteiger partial charge in [0.15, 0.2) is 5.78 Å². The van der Waals surface area contributed by atoms with E-state index in [1.165, 1.54) is 12.1 Å². The van der Waals surface area contributed by atoms with Gasteiger partial charge >= 0.3 is 6.18 Å². The predicted octanol–water partition coefficient (Wildman–Crippen LogP) is 4.76. The van der Waals surface area contributed by atoms with E-state index < -0.39 is 11.7 Å². The summed E-state index contributed by atoms with van der Waals surface area (Å²) in [6.07, 6.45) is -2.31. The number of ketones is 1. The van der Waals surface area contributed by atoms with Gasteiger partial charge in [0.25, 0.3) is 0 Å². The van der Waals surface area contributed by atoms with Gasteiger partial charge in [-0.05, 0) is 44.5 Å². The summed E-state index contributed by atoms with van der Waals surface area (Å²) in [5, 5.41) is 4.40. The largest absolute Gasteiger partial charge is 0.416 e. The Morgan fingerprint density at radius 2 is 1.73 bits per heavy atom. The number of halogens is 3. The molecule has 0 spiro atoms. The fourth-order valence-corrected chi connectivity index (χ4v) is 4.24. The van der Waals surface area contributed by atoms with Gasteiger partial charge in [-0.3, -0.25) is 9.69 Å². The molecule has 1 fully saturated rings. The summed E-state index contributed by atoms with van der Waals surface area (Å²) in [5.74, 6) is -0.305. The van der Waals surface area contributed by atoms with Crippen molar-refractivity contribution in [2.45, 2.75) is 38.4 Å². The summed E-state index contributed by atoms with van der Waals surface area (Å²) in [4.78, 5) is 20.6.